The molecule has 0 saturated carbocycles. The minimum absolute atomic E-state index is 0.0228. The van der Waals surface area contributed by atoms with E-state index >= 15 is 0 Å². The maximum atomic E-state index is 11.6. The van der Waals surface area contributed by atoms with Gasteiger partial charge in [-0.1, -0.05) is 0 Å². The number of aromatic nitrogens is 2. The zero-order valence-corrected chi connectivity index (χ0v) is 10.4. The predicted octanol–water partition coefficient (Wildman–Crippen LogP) is 1.09. The molecule has 0 unspecified atom stereocenters. The Labute approximate surface area is 96.3 Å². The largest absolute Gasteiger partial charge is 0.359 e. The van der Waals surface area contributed by atoms with Crippen LogP contribution in [0, 0.1) is 5.41 Å². The van der Waals surface area contributed by atoms with Gasteiger partial charge in [0.25, 0.3) is 0 Å². The molecule has 90 valence electrons. The van der Waals surface area contributed by atoms with Crippen molar-refractivity contribution in [2.45, 2.75) is 27.3 Å². The van der Waals surface area contributed by atoms with Gasteiger partial charge in [-0.2, -0.15) is 0 Å². The summed E-state index contributed by atoms with van der Waals surface area (Å²) in [5, 5.41) is 5.85. The Morgan fingerprint density at radius 3 is 2.81 bits per heavy atom. The van der Waals surface area contributed by atoms with Crippen molar-refractivity contribution in [3.05, 3.63) is 12.4 Å². The molecule has 0 atom stereocenters. The number of rotatable bonds is 5. The molecule has 0 aliphatic heterocycles. The van der Waals surface area contributed by atoms with Gasteiger partial charge in [0.05, 0.1) is 5.41 Å². The number of anilines is 1. The fraction of sp³-hybridized carbons (Fsp3) is 0.636. The number of amides is 1. The third kappa shape index (κ3) is 2.74. The van der Waals surface area contributed by atoms with Crippen LogP contribution < -0.4 is 10.6 Å². The number of nitrogens with zero attached hydrogens (tertiary/aromatic N) is 2. The minimum Gasteiger partial charge on any atom is -0.359 e. The summed E-state index contributed by atoms with van der Waals surface area (Å²) in [5.74, 6) is 0.828. The summed E-state index contributed by atoms with van der Waals surface area (Å²) in [7, 11) is 1.65. The number of imidazole rings is 1. The number of carbonyl (C=O) groups is 1. The van der Waals surface area contributed by atoms with Gasteiger partial charge in [0.15, 0.2) is 0 Å². The predicted molar refractivity (Wildman–Crippen MR) is 64.2 cm³/mol. The highest BCUT2D eigenvalue weighted by Crippen LogP contribution is 2.16. The van der Waals surface area contributed by atoms with Crippen LogP contribution in [0.3, 0.4) is 0 Å². The van der Waals surface area contributed by atoms with Crippen molar-refractivity contribution in [3.8, 4) is 0 Å². The zero-order valence-electron chi connectivity index (χ0n) is 10.4. The number of hydrogen-bond donors (Lipinski definition) is 2. The molecular weight excluding hydrogens is 204 g/mol. The van der Waals surface area contributed by atoms with E-state index in [1.807, 2.05) is 24.6 Å². The molecule has 1 amide bonds. The molecule has 0 bridgehead atoms. The van der Waals surface area contributed by atoms with Crippen LogP contribution in [-0.2, 0) is 11.3 Å². The second kappa shape index (κ2) is 5.01. The molecule has 16 heavy (non-hydrogen) atoms. The summed E-state index contributed by atoms with van der Waals surface area (Å²) >= 11 is 0. The number of nitrogens with one attached hydrogen (secondary N) is 2. The van der Waals surface area contributed by atoms with Crippen molar-refractivity contribution >= 4 is 11.9 Å². The molecule has 0 fully saturated rings. The summed E-state index contributed by atoms with van der Waals surface area (Å²) < 4.78 is 2.00. The van der Waals surface area contributed by atoms with Gasteiger partial charge in [-0.15, -0.1) is 0 Å². The van der Waals surface area contributed by atoms with Gasteiger partial charge < -0.3 is 15.2 Å². The van der Waals surface area contributed by atoms with E-state index in [0.29, 0.717) is 6.54 Å². The quantitative estimate of drug-likeness (QED) is 0.787. The Balaban J connectivity index is 2.60. The van der Waals surface area contributed by atoms with Crippen molar-refractivity contribution in [1.82, 2.24) is 14.9 Å². The van der Waals surface area contributed by atoms with Gasteiger partial charge in [0.1, 0.15) is 0 Å². The Bertz CT molecular complexity index is 357. The van der Waals surface area contributed by atoms with Gasteiger partial charge in [0, 0.05) is 32.5 Å². The molecule has 0 aliphatic carbocycles. The second-order valence-corrected chi connectivity index (χ2v) is 4.35. The highest BCUT2D eigenvalue weighted by molar-refractivity contribution is 5.82. The maximum Gasteiger partial charge on any atom is 0.227 e. The van der Waals surface area contributed by atoms with Gasteiger partial charge >= 0.3 is 0 Å². The molecule has 0 saturated heterocycles. The third-order valence-electron chi connectivity index (χ3n) is 2.59. The van der Waals surface area contributed by atoms with Crippen molar-refractivity contribution in [1.29, 1.82) is 0 Å². The molecule has 0 aliphatic rings. The highest BCUT2D eigenvalue weighted by atomic mass is 16.2. The van der Waals surface area contributed by atoms with Crippen molar-refractivity contribution in [2.24, 2.45) is 5.41 Å². The lowest BCUT2D eigenvalue weighted by Crippen LogP contribution is -2.39. The topological polar surface area (TPSA) is 59.0 Å². The molecule has 0 radical (unpaired) electrons. The first-order chi connectivity index (χ1) is 7.51. The van der Waals surface area contributed by atoms with Crippen LogP contribution in [0.1, 0.15) is 20.8 Å². The first-order valence-electron chi connectivity index (χ1n) is 5.48. The molecule has 2 N–H and O–H groups in total. The molecule has 1 aromatic rings. The summed E-state index contributed by atoms with van der Waals surface area (Å²) in [6, 6.07) is 0. The maximum absolute atomic E-state index is 11.6. The Morgan fingerprint density at radius 1 is 1.56 bits per heavy atom. The first-order valence-corrected chi connectivity index (χ1v) is 5.48. The monoisotopic (exact) mass is 224 g/mol. The minimum atomic E-state index is -0.445. The normalized spacial score (nSPS) is 11.2. The third-order valence-corrected chi connectivity index (χ3v) is 2.59. The Morgan fingerprint density at radius 2 is 2.25 bits per heavy atom. The fourth-order valence-corrected chi connectivity index (χ4v) is 1.45. The van der Waals surface area contributed by atoms with E-state index in [1.54, 1.807) is 13.2 Å². The zero-order chi connectivity index (χ0) is 12.2. The average molecular weight is 224 g/mol. The van der Waals surface area contributed by atoms with Crippen molar-refractivity contribution in [2.75, 3.05) is 18.9 Å². The Hall–Kier alpha value is -1.52. The van der Waals surface area contributed by atoms with Gasteiger partial charge in [-0.25, -0.2) is 4.98 Å². The van der Waals surface area contributed by atoms with Crippen molar-refractivity contribution in [3.63, 3.8) is 0 Å². The van der Waals surface area contributed by atoms with Crippen LogP contribution in [0.5, 0.6) is 0 Å². The van der Waals surface area contributed by atoms with E-state index in [-0.39, 0.29) is 5.91 Å². The number of carbonyl (C=O) groups excluding carboxylic acids is 1. The summed E-state index contributed by atoms with van der Waals surface area (Å²) in [4.78, 5) is 15.8. The van der Waals surface area contributed by atoms with Gasteiger partial charge in [0.2, 0.25) is 11.9 Å². The van der Waals surface area contributed by atoms with Crippen LogP contribution >= 0.6 is 0 Å². The summed E-state index contributed by atoms with van der Waals surface area (Å²) in [6.07, 6.45) is 3.66. The molecule has 5 heteroatoms. The molecule has 0 aromatic carbocycles. The van der Waals surface area contributed by atoms with E-state index in [0.717, 1.165) is 12.5 Å². The number of hydrogen-bond acceptors (Lipinski definition) is 3. The molecule has 0 spiro atoms. The summed E-state index contributed by atoms with van der Waals surface area (Å²) in [5.41, 5.74) is -0.445. The van der Waals surface area contributed by atoms with Gasteiger partial charge in [-0.05, 0) is 20.8 Å². The molecule has 1 aromatic heterocycles. The van der Waals surface area contributed by atoms with E-state index in [2.05, 4.69) is 22.5 Å². The van der Waals surface area contributed by atoms with Gasteiger partial charge in [-0.3, -0.25) is 4.79 Å². The molecule has 1 rings (SSSR count). The van der Waals surface area contributed by atoms with E-state index < -0.39 is 5.41 Å². The first kappa shape index (κ1) is 12.5. The van der Waals surface area contributed by atoms with Crippen molar-refractivity contribution < 1.29 is 4.79 Å². The van der Waals surface area contributed by atoms with Crippen LogP contribution in [0.4, 0.5) is 5.95 Å². The lowest BCUT2D eigenvalue weighted by atomic mass is 9.92. The van der Waals surface area contributed by atoms with E-state index in [1.165, 1.54) is 0 Å². The van der Waals surface area contributed by atoms with Crippen LogP contribution in [-0.4, -0.2) is 29.1 Å². The number of aryl methyl sites for hydroxylation is 1. The fourth-order valence-electron chi connectivity index (χ4n) is 1.45. The second-order valence-electron chi connectivity index (χ2n) is 4.35. The van der Waals surface area contributed by atoms with Crippen LogP contribution in [0.25, 0.3) is 0 Å². The molecule has 1 heterocycles. The average Bonchev–Trinajstić information content (AvgIpc) is 2.72. The smallest absolute Gasteiger partial charge is 0.227 e. The molecule has 5 nitrogen and oxygen atoms in total. The lowest BCUT2D eigenvalue weighted by Gasteiger charge is -2.23. The Kier molecular flexibility index (Phi) is 3.93. The summed E-state index contributed by atoms with van der Waals surface area (Å²) in [6.45, 7) is 7.28. The SMILES string of the molecule is CCn1ccnc1NCC(C)(C)C(=O)NC. The lowest BCUT2D eigenvalue weighted by molar-refractivity contribution is -0.128. The highest BCUT2D eigenvalue weighted by Gasteiger charge is 2.26. The van der Waals surface area contributed by atoms with Crippen LogP contribution in [0.2, 0.25) is 0 Å². The molecular formula is C11H20N4O. The standard InChI is InChI=1S/C11H20N4O/c1-5-15-7-6-13-10(15)14-8-11(2,3)9(16)12-4/h6-7H,5,8H2,1-4H3,(H,12,16)(H,13,14). The van der Waals surface area contributed by atoms with E-state index in [4.69, 9.17) is 0 Å². The van der Waals surface area contributed by atoms with Crippen LogP contribution in [0.15, 0.2) is 12.4 Å². The van der Waals surface area contributed by atoms with E-state index in [9.17, 15) is 4.79 Å².